The summed E-state index contributed by atoms with van der Waals surface area (Å²) in [7, 11) is 0. The van der Waals surface area contributed by atoms with Crippen LogP contribution >= 0.6 is 11.3 Å². The molecule has 0 aliphatic rings. The molecule has 0 aromatic carbocycles. The van der Waals surface area contributed by atoms with Crippen molar-refractivity contribution in [1.29, 1.82) is 0 Å². The number of hydrogen-bond donors (Lipinski definition) is 1. The van der Waals surface area contributed by atoms with E-state index in [9.17, 15) is 4.79 Å². The fraction of sp³-hybridized carbons (Fsp3) is 0.538. The maximum Gasteiger partial charge on any atom is 0.263 e. The number of oxime groups is 1. The molecule has 0 fully saturated rings. The summed E-state index contributed by atoms with van der Waals surface area (Å²) in [5, 5.41) is 7.54. The van der Waals surface area contributed by atoms with Crippen molar-refractivity contribution in [2.24, 2.45) is 10.9 Å². The van der Waals surface area contributed by atoms with Crippen LogP contribution in [0.15, 0.2) is 22.0 Å². The summed E-state index contributed by atoms with van der Waals surface area (Å²) in [6.07, 6.45) is 0. The van der Waals surface area contributed by atoms with Gasteiger partial charge in [-0.25, -0.2) is 0 Å². The molecule has 0 spiro atoms. The molecule has 0 saturated heterocycles. The van der Waals surface area contributed by atoms with Crippen molar-refractivity contribution in [1.82, 2.24) is 4.90 Å². The molecule has 6 heteroatoms. The molecule has 1 aromatic rings. The molecule has 1 amide bonds. The van der Waals surface area contributed by atoms with E-state index in [0.717, 1.165) is 5.56 Å². The van der Waals surface area contributed by atoms with E-state index in [4.69, 9.17) is 10.6 Å². The molecule has 0 atom stereocenters. The highest BCUT2D eigenvalue weighted by Crippen LogP contribution is 2.07. The quantitative estimate of drug-likeness (QED) is 0.493. The number of amides is 1. The summed E-state index contributed by atoms with van der Waals surface area (Å²) in [5.74, 6) is 0.196. The number of rotatable bonds is 6. The van der Waals surface area contributed by atoms with E-state index in [1.54, 1.807) is 4.90 Å². The first-order valence-electron chi connectivity index (χ1n) is 6.22. The Morgan fingerprint density at radius 3 is 2.53 bits per heavy atom. The summed E-state index contributed by atoms with van der Waals surface area (Å²) in [5.41, 5.74) is 6.54. The van der Waals surface area contributed by atoms with Gasteiger partial charge < -0.3 is 15.5 Å². The minimum atomic E-state index is -0.0960. The number of carbonyl (C=O) groups is 1. The van der Waals surface area contributed by atoms with Gasteiger partial charge in [0.25, 0.3) is 5.91 Å². The van der Waals surface area contributed by atoms with Gasteiger partial charge >= 0.3 is 0 Å². The summed E-state index contributed by atoms with van der Waals surface area (Å²) in [6.45, 7) is 7.80. The minimum Gasteiger partial charge on any atom is -0.384 e. The standard InChI is InChI=1S/C13H21N3O2S/c1-9(2)16(10(3)4)12(17)7-18-15-13(14)11-5-6-19-8-11/h5-6,8-10H,7H2,1-4H3,(H2,14,15). The minimum absolute atomic E-state index is 0.0909. The molecule has 1 rings (SSSR count). The first-order chi connectivity index (χ1) is 8.93. The van der Waals surface area contributed by atoms with E-state index < -0.39 is 0 Å². The van der Waals surface area contributed by atoms with Gasteiger partial charge in [-0.3, -0.25) is 4.79 Å². The number of nitrogens with two attached hydrogens (primary N) is 1. The maximum atomic E-state index is 12.0. The Morgan fingerprint density at radius 1 is 1.42 bits per heavy atom. The maximum absolute atomic E-state index is 12.0. The molecule has 0 radical (unpaired) electrons. The van der Waals surface area contributed by atoms with Crippen molar-refractivity contribution in [3.8, 4) is 0 Å². The molecule has 1 aromatic heterocycles. The second kappa shape index (κ2) is 7.13. The molecule has 0 saturated carbocycles. The largest absolute Gasteiger partial charge is 0.384 e. The SMILES string of the molecule is CC(C)N(C(=O)CO/N=C(\N)c1ccsc1)C(C)C. The Labute approximate surface area is 118 Å². The Balaban J connectivity index is 2.52. The lowest BCUT2D eigenvalue weighted by Gasteiger charge is -2.30. The number of carbonyl (C=O) groups excluding carboxylic acids is 1. The molecular formula is C13H21N3O2S. The first kappa shape index (κ1) is 15.5. The molecule has 106 valence electrons. The van der Waals surface area contributed by atoms with Gasteiger partial charge in [0.2, 0.25) is 0 Å². The van der Waals surface area contributed by atoms with E-state index >= 15 is 0 Å². The molecular weight excluding hydrogens is 262 g/mol. The van der Waals surface area contributed by atoms with Crippen LogP contribution in [0.5, 0.6) is 0 Å². The van der Waals surface area contributed by atoms with Gasteiger partial charge in [0.05, 0.1) is 0 Å². The molecule has 0 unspecified atom stereocenters. The van der Waals surface area contributed by atoms with E-state index in [0.29, 0.717) is 0 Å². The predicted molar refractivity (Wildman–Crippen MR) is 78.1 cm³/mol. The van der Waals surface area contributed by atoms with Crippen molar-refractivity contribution in [2.75, 3.05) is 6.61 Å². The molecule has 5 nitrogen and oxygen atoms in total. The van der Waals surface area contributed by atoms with Crippen LogP contribution in [0.25, 0.3) is 0 Å². The van der Waals surface area contributed by atoms with Gasteiger partial charge in [0.15, 0.2) is 12.4 Å². The second-order valence-corrected chi connectivity index (χ2v) is 5.53. The Bertz CT molecular complexity index is 419. The van der Waals surface area contributed by atoms with E-state index in [1.165, 1.54) is 11.3 Å². The average molecular weight is 283 g/mol. The van der Waals surface area contributed by atoms with Crippen LogP contribution in [0, 0.1) is 0 Å². The summed E-state index contributed by atoms with van der Waals surface area (Å²) < 4.78 is 0. The first-order valence-corrected chi connectivity index (χ1v) is 7.17. The van der Waals surface area contributed by atoms with Crippen LogP contribution in [-0.4, -0.2) is 35.3 Å². The highest BCUT2D eigenvalue weighted by Gasteiger charge is 2.20. The number of nitrogens with zero attached hydrogens (tertiary/aromatic N) is 2. The third-order valence-corrected chi connectivity index (χ3v) is 3.25. The Kier molecular flexibility index (Phi) is 5.82. The van der Waals surface area contributed by atoms with E-state index in [2.05, 4.69) is 5.16 Å². The molecule has 0 aliphatic heterocycles. The van der Waals surface area contributed by atoms with Gasteiger partial charge in [0.1, 0.15) is 0 Å². The van der Waals surface area contributed by atoms with Crippen LogP contribution in [0.1, 0.15) is 33.3 Å². The summed E-state index contributed by atoms with van der Waals surface area (Å²) >= 11 is 1.53. The molecule has 19 heavy (non-hydrogen) atoms. The highest BCUT2D eigenvalue weighted by molar-refractivity contribution is 7.08. The Morgan fingerprint density at radius 2 is 2.05 bits per heavy atom. The smallest absolute Gasteiger partial charge is 0.263 e. The number of amidine groups is 1. The fourth-order valence-corrected chi connectivity index (χ4v) is 2.52. The third-order valence-electron chi connectivity index (χ3n) is 2.57. The van der Waals surface area contributed by atoms with Crippen molar-refractivity contribution in [2.45, 2.75) is 39.8 Å². The average Bonchev–Trinajstić information content (AvgIpc) is 2.80. The predicted octanol–water partition coefficient (Wildman–Crippen LogP) is 2.03. The van der Waals surface area contributed by atoms with E-state index in [1.807, 2.05) is 44.5 Å². The van der Waals surface area contributed by atoms with Crippen LogP contribution in [0.4, 0.5) is 0 Å². The zero-order valence-electron chi connectivity index (χ0n) is 11.8. The van der Waals surface area contributed by atoms with Gasteiger partial charge in [-0.05, 0) is 39.1 Å². The fourth-order valence-electron chi connectivity index (χ4n) is 1.87. The van der Waals surface area contributed by atoms with Crippen molar-refractivity contribution < 1.29 is 9.63 Å². The zero-order chi connectivity index (χ0) is 14.4. The normalized spacial score (nSPS) is 12.0. The van der Waals surface area contributed by atoms with Gasteiger partial charge in [0, 0.05) is 23.0 Å². The van der Waals surface area contributed by atoms with Crippen molar-refractivity contribution >= 4 is 23.1 Å². The van der Waals surface area contributed by atoms with Crippen LogP contribution in [0.2, 0.25) is 0 Å². The van der Waals surface area contributed by atoms with Gasteiger partial charge in [-0.2, -0.15) is 11.3 Å². The lowest BCUT2D eigenvalue weighted by Crippen LogP contribution is -2.43. The van der Waals surface area contributed by atoms with Crippen LogP contribution < -0.4 is 5.73 Å². The van der Waals surface area contributed by atoms with Gasteiger partial charge in [-0.15, -0.1) is 0 Å². The lowest BCUT2D eigenvalue weighted by atomic mass is 10.2. The molecule has 2 N–H and O–H groups in total. The third kappa shape index (κ3) is 4.55. The zero-order valence-corrected chi connectivity index (χ0v) is 12.6. The molecule has 1 heterocycles. The van der Waals surface area contributed by atoms with Crippen LogP contribution in [-0.2, 0) is 9.63 Å². The Hall–Kier alpha value is -1.56. The monoisotopic (exact) mass is 283 g/mol. The van der Waals surface area contributed by atoms with E-state index in [-0.39, 0.29) is 30.4 Å². The number of thiophene rings is 1. The van der Waals surface area contributed by atoms with Crippen LogP contribution in [0.3, 0.4) is 0 Å². The summed E-state index contributed by atoms with van der Waals surface area (Å²) in [6, 6.07) is 2.12. The van der Waals surface area contributed by atoms with Gasteiger partial charge in [-0.1, -0.05) is 5.16 Å². The van der Waals surface area contributed by atoms with Crippen molar-refractivity contribution in [3.05, 3.63) is 22.4 Å². The topological polar surface area (TPSA) is 67.9 Å². The highest BCUT2D eigenvalue weighted by atomic mass is 32.1. The summed E-state index contributed by atoms with van der Waals surface area (Å²) in [4.78, 5) is 18.8. The second-order valence-electron chi connectivity index (χ2n) is 4.75. The number of hydrogen-bond acceptors (Lipinski definition) is 4. The lowest BCUT2D eigenvalue weighted by molar-refractivity contribution is -0.139. The van der Waals surface area contributed by atoms with Crippen molar-refractivity contribution in [3.63, 3.8) is 0 Å². The molecule has 0 bridgehead atoms. The molecule has 0 aliphatic carbocycles.